The second-order valence-corrected chi connectivity index (χ2v) is 7.42. The molecule has 1 saturated heterocycles. The predicted molar refractivity (Wildman–Crippen MR) is 73.8 cm³/mol. The van der Waals surface area contributed by atoms with Crippen LogP contribution in [0.1, 0.15) is 23.7 Å². The van der Waals surface area contributed by atoms with Crippen molar-refractivity contribution in [3.8, 4) is 11.5 Å². The molecule has 1 amide bonds. The van der Waals surface area contributed by atoms with Crippen molar-refractivity contribution in [3.63, 3.8) is 0 Å². The summed E-state index contributed by atoms with van der Waals surface area (Å²) in [6, 6.07) is 4.33. The van der Waals surface area contributed by atoms with E-state index < -0.39 is 21.3 Å². The molecule has 1 aliphatic rings. The molecule has 7 heteroatoms. The van der Waals surface area contributed by atoms with Gasteiger partial charge in [0.05, 0.1) is 29.7 Å². The highest BCUT2D eigenvalue weighted by Crippen LogP contribution is 2.26. The van der Waals surface area contributed by atoms with E-state index in [1.54, 1.807) is 13.0 Å². The van der Waals surface area contributed by atoms with Crippen LogP contribution >= 0.6 is 0 Å². The third-order valence-electron chi connectivity index (χ3n) is 3.37. The first-order valence-corrected chi connectivity index (χ1v) is 7.97. The number of phenolic OH excluding ortho intramolecular Hbond substituents is 1. The second kappa shape index (κ2) is 4.97. The molecule has 2 rings (SSSR count). The van der Waals surface area contributed by atoms with E-state index in [9.17, 15) is 18.3 Å². The van der Waals surface area contributed by atoms with Gasteiger partial charge in [-0.25, -0.2) is 8.42 Å². The lowest BCUT2D eigenvalue weighted by atomic mass is 10.0. The first-order chi connectivity index (χ1) is 9.25. The molecule has 0 aromatic heterocycles. The summed E-state index contributed by atoms with van der Waals surface area (Å²) in [5.74, 6) is -0.272. The molecule has 0 spiro atoms. The maximum Gasteiger partial charge on any atom is 0.255 e. The Morgan fingerprint density at radius 2 is 2.15 bits per heavy atom. The summed E-state index contributed by atoms with van der Waals surface area (Å²) < 4.78 is 27.9. The Labute approximate surface area is 117 Å². The minimum atomic E-state index is -3.10. The number of hydrogen-bond acceptors (Lipinski definition) is 5. The van der Waals surface area contributed by atoms with E-state index in [1.807, 2.05) is 0 Å². The van der Waals surface area contributed by atoms with Crippen LogP contribution in [0.4, 0.5) is 0 Å². The lowest BCUT2D eigenvalue weighted by Gasteiger charge is -2.24. The summed E-state index contributed by atoms with van der Waals surface area (Å²) in [7, 11) is -1.64. The van der Waals surface area contributed by atoms with Gasteiger partial charge in [-0.05, 0) is 25.5 Å². The Hall–Kier alpha value is -1.76. The Balaban J connectivity index is 2.17. The molecular weight excluding hydrogens is 282 g/mol. The molecule has 2 N–H and O–H groups in total. The Bertz CT molecular complexity index is 640. The number of ether oxygens (including phenoxy) is 1. The fraction of sp³-hybridized carbons (Fsp3) is 0.462. The molecule has 6 nitrogen and oxygen atoms in total. The van der Waals surface area contributed by atoms with E-state index in [0.29, 0.717) is 12.2 Å². The topological polar surface area (TPSA) is 92.7 Å². The highest BCUT2D eigenvalue weighted by atomic mass is 32.2. The molecule has 0 saturated carbocycles. The number of sulfone groups is 1. The molecule has 1 aromatic rings. The van der Waals surface area contributed by atoms with Crippen LogP contribution in [0.5, 0.6) is 11.5 Å². The van der Waals surface area contributed by atoms with Crippen LogP contribution in [-0.2, 0) is 9.84 Å². The maximum absolute atomic E-state index is 12.1. The number of methoxy groups -OCH3 is 1. The number of aromatic hydroxyl groups is 1. The largest absolute Gasteiger partial charge is 0.507 e. The molecule has 1 aliphatic heterocycles. The molecule has 20 heavy (non-hydrogen) atoms. The van der Waals surface area contributed by atoms with Gasteiger partial charge in [0.1, 0.15) is 11.5 Å². The second-order valence-electron chi connectivity index (χ2n) is 5.24. The molecule has 110 valence electrons. The van der Waals surface area contributed by atoms with Gasteiger partial charge in [-0.1, -0.05) is 0 Å². The monoisotopic (exact) mass is 299 g/mol. The zero-order valence-corrected chi connectivity index (χ0v) is 12.2. The molecule has 1 heterocycles. The lowest BCUT2D eigenvalue weighted by Crippen LogP contribution is -2.46. The van der Waals surface area contributed by atoms with Gasteiger partial charge in [0.25, 0.3) is 5.91 Å². The van der Waals surface area contributed by atoms with Crippen molar-refractivity contribution in [1.29, 1.82) is 0 Å². The molecule has 1 aromatic carbocycles. The highest BCUT2D eigenvalue weighted by Gasteiger charge is 2.39. The van der Waals surface area contributed by atoms with Gasteiger partial charge in [0.2, 0.25) is 0 Å². The Morgan fingerprint density at radius 3 is 2.65 bits per heavy atom. The van der Waals surface area contributed by atoms with Crippen LogP contribution in [0.15, 0.2) is 18.2 Å². The van der Waals surface area contributed by atoms with E-state index in [4.69, 9.17) is 4.74 Å². The first kappa shape index (κ1) is 14.6. The maximum atomic E-state index is 12.1. The number of nitrogens with one attached hydrogen (secondary N) is 1. The van der Waals surface area contributed by atoms with E-state index in [0.717, 1.165) is 0 Å². The smallest absolute Gasteiger partial charge is 0.255 e. The number of hydrogen-bond donors (Lipinski definition) is 2. The van der Waals surface area contributed by atoms with Crippen LogP contribution in [-0.4, -0.2) is 43.6 Å². The fourth-order valence-corrected chi connectivity index (χ4v) is 4.37. The van der Waals surface area contributed by atoms with Gasteiger partial charge in [-0.15, -0.1) is 0 Å². The number of benzene rings is 1. The standard InChI is InChI=1S/C13H17NO5S/c1-13(5-6-20(17,18)8-13)14-12(16)10-4-3-9(19-2)7-11(10)15/h3-4,7,15H,5-6,8H2,1-2H3,(H,14,16). The van der Waals surface area contributed by atoms with Gasteiger partial charge in [-0.3, -0.25) is 4.79 Å². The van der Waals surface area contributed by atoms with Gasteiger partial charge >= 0.3 is 0 Å². The average molecular weight is 299 g/mol. The lowest BCUT2D eigenvalue weighted by molar-refractivity contribution is 0.0912. The van der Waals surface area contributed by atoms with Crippen molar-refractivity contribution in [2.75, 3.05) is 18.6 Å². The molecular formula is C13H17NO5S. The number of phenols is 1. The number of carbonyl (C=O) groups is 1. The first-order valence-electron chi connectivity index (χ1n) is 6.15. The van der Waals surface area contributed by atoms with Crippen LogP contribution in [0.25, 0.3) is 0 Å². The van der Waals surface area contributed by atoms with Crippen LogP contribution in [0, 0.1) is 0 Å². The highest BCUT2D eigenvalue weighted by molar-refractivity contribution is 7.91. The molecule has 0 bridgehead atoms. The number of carbonyl (C=O) groups excluding carboxylic acids is 1. The van der Waals surface area contributed by atoms with Crippen molar-refractivity contribution in [1.82, 2.24) is 5.32 Å². The molecule has 0 aliphatic carbocycles. The number of amides is 1. The van der Waals surface area contributed by atoms with Crippen molar-refractivity contribution < 1.29 is 23.1 Å². The minimum Gasteiger partial charge on any atom is -0.507 e. The molecule has 1 atom stereocenters. The van der Waals surface area contributed by atoms with Gasteiger partial charge in [-0.2, -0.15) is 0 Å². The molecule has 1 unspecified atom stereocenters. The van der Waals surface area contributed by atoms with Crippen molar-refractivity contribution in [2.24, 2.45) is 0 Å². The zero-order valence-electron chi connectivity index (χ0n) is 11.3. The molecule has 0 radical (unpaired) electrons. The third kappa shape index (κ3) is 3.04. The van der Waals surface area contributed by atoms with Crippen molar-refractivity contribution >= 4 is 15.7 Å². The van der Waals surface area contributed by atoms with Gasteiger partial charge in [0.15, 0.2) is 9.84 Å². The van der Waals surface area contributed by atoms with E-state index >= 15 is 0 Å². The van der Waals surface area contributed by atoms with Gasteiger partial charge in [0, 0.05) is 6.07 Å². The van der Waals surface area contributed by atoms with E-state index in [2.05, 4.69) is 5.32 Å². The summed E-state index contributed by atoms with van der Waals surface area (Å²) in [6.07, 6.45) is 0.373. The minimum absolute atomic E-state index is 0.0678. The van der Waals surface area contributed by atoms with Crippen molar-refractivity contribution in [2.45, 2.75) is 18.9 Å². The summed E-state index contributed by atoms with van der Waals surface area (Å²) in [5.41, 5.74) is -0.696. The van der Waals surface area contributed by atoms with Crippen molar-refractivity contribution in [3.05, 3.63) is 23.8 Å². The summed E-state index contributed by atoms with van der Waals surface area (Å²) in [4.78, 5) is 12.1. The van der Waals surface area contributed by atoms with Crippen LogP contribution in [0.3, 0.4) is 0 Å². The fourth-order valence-electron chi connectivity index (χ4n) is 2.28. The quantitative estimate of drug-likeness (QED) is 0.857. The summed E-state index contributed by atoms with van der Waals surface area (Å²) >= 11 is 0. The molecule has 1 fully saturated rings. The zero-order chi connectivity index (χ0) is 15.0. The normalized spacial score (nSPS) is 24.3. The van der Waals surface area contributed by atoms with E-state index in [1.165, 1.54) is 19.2 Å². The third-order valence-corrected chi connectivity index (χ3v) is 5.27. The van der Waals surface area contributed by atoms with E-state index in [-0.39, 0.29) is 22.8 Å². The Kier molecular flexibility index (Phi) is 3.64. The average Bonchev–Trinajstić information content (AvgIpc) is 2.62. The van der Waals surface area contributed by atoms with Crippen LogP contribution in [0.2, 0.25) is 0 Å². The number of rotatable bonds is 3. The summed E-state index contributed by atoms with van der Waals surface area (Å²) in [6.45, 7) is 1.69. The van der Waals surface area contributed by atoms with Crippen LogP contribution < -0.4 is 10.1 Å². The van der Waals surface area contributed by atoms with Gasteiger partial charge < -0.3 is 15.2 Å². The predicted octanol–water partition coefficient (Wildman–Crippen LogP) is 0.708. The summed E-state index contributed by atoms with van der Waals surface area (Å²) in [5, 5.41) is 12.5. The SMILES string of the molecule is COc1ccc(C(=O)NC2(C)CCS(=O)(=O)C2)c(O)c1. The Morgan fingerprint density at radius 1 is 1.45 bits per heavy atom.